The van der Waals surface area contributed by atoms with Crippen molar-refractivity contribution < 1.29 is 4.79 Å². The van der Waals surface area contributed by atoms with Crippen LogP contribution in [0.15, 0.2) is 54.9 Å². The average Bonchev–Trinajstić information content (AvgIpc) is 3.39. The molecule has 1 fully saturated rings. The van der Waals surface area contributed by atoms with E-state index in [2.05, 4.69) is 52.8 Å². The quantitative estimate of drug-likeness (QED) is 0.592. The number of carbonyl (C=O) groups excluding carboxylic acids is 1. The van der Waals surface area contributed by atoms with Gasteiger partial charge in [-0.05, 0) is 84.6 Å². The van der Waals surface area contributed by atoms with Crippen LogP contribution in [0.3, 0.4) is 0 Å². The van der Waals surface area contributed by atoms with Gasteiger partial charge in [0.25, 0.3) is 0 Å². The summed E-state index contributed by atoms with van der Waals surface area (Å²) in [6.07, 6.45) is 9.98. The molecule has 5 nitrogen and oxygen atoms in total. The lowest BCUT2D eigenvalue weighted by molar-refractivity contribution is -0.116. The molecular weight excluding hydrogens is 396 g/mol. The van der Waals surface area contributed by atoms with Gasteiger partial charge >= 0.3 is 0 Å². The number of benzene rings is 1. The molecule has 5 atom stereocenters. The van der Waals surface area contributed by atoms with E-state index in [-0.39, 0.29) is 11.3 Å². The molecule has 3 aromatic rings. The lowest BCUT2D eigenvalue weighted by atomic mass is 9.53. The third-order valence-corrected chi connectivity index (χ3v) is 8.55. The van der Waals surface area contributed by atoms with Crippen molar-refractivity contribution in [2.75, 3.05) is 5.32 Å². The van der Waals surface area contributed by atoms with Gasteiger partial charge < -0.3 is 5.32 Å². The number of hydrogen-bond acceptors (Lipinski definition) is 3. The Hall–Kier alpha value is -2.95. The molecule has 32 heavy (non-hydrogen) atoms. The number of hydrogen-bond donors (Lipinski definition) is 2. The maximum absolute atomic E-state index is 12.7. The first-order valence-corrected chi connectivity index (χ1v) is 12.0. The molecule has 2 heterocycles. The zero-order valence-electron chi connectivity index (χ0n) is 18.6. The molecular formula is C27H30N4O. The van der Waals surface area contributed by atoms with Crippen LogP contribution in [0, 0.1) is 11.8 Å². The second kappa shape index (κ2) is 7.58. The van der Waals surface area contributed by atoms with Crippen molar-refractivity contribution in [2.24, 2.45) is 11.8 Å². The summed E-state index contributed by atoms with van der Waals surface area (Å²) >= 11 is 0. The van der Waals surface area contributed by atoms with E-state index in [0.29, 0.717) is 35.9 Å². The number of aromatic nitrogens is 3. The van der Waals surface area contributed by atoms with Crippen LogP contribution < -0.4 is 5.32 Å². The van der Waals surface area contributed by atoms with Gasteiger partial charge in [0.1, 0.15) is 5.82 Å². The van der Waals surface area contributed by atoms with Crippen LogP contribution in [0.2, 0.25) is 0 Å². The molecule has 3 unspecified atom stereocenters. The summed E-state index contributed by atoms with van der Waals surface area (Å²) in [4.78, 5) is 17.0. The van der Waals surface area contributed by atoms with Gasteiger partial charge in [-0.3, -0.25) is 9.89 Å². The van der Waals surface area contributed by atoms with E-state index in [1.165, 1.54) is 36.9 Å². The third-order valence-electron chi connectivity index (χ3n) is 8.55. The van der Waals surface area contributed by atoms with Crippen LogP contribution in [0.5, 0.6) is 0 Å². The van der Waals surface area contributed by atoms with E-state index in [4.69, 9.17) is 5.10 Å². The highest BCUT2D eigenvalue weighted by Crippen LogP contribution is 2.64. The molecule has 1 aromatic carbocycles. The number of rotatable bonds is 4. The Bertz CT molecular complexity index is 1140. The topological polar surface area (TPSA) is 70.7 Å². The largest absolute Gasteiger partial charge is 0.311 e. The fourth-order valence-electron chi connectivity index (χ4n) is 7.29. The third kappa shape index (κ3) is 3.01. The van der Waals surface area contributed by atoms with E-state index in [1.807, 2.05) is 18.2 Å². The van der Waals surface area contributed by atoms with Crippen molar-refractivity contribution in [3.05, 3.63) is 77.2 Å². The number of nitrogens with one attached hydrogen (secondary N) is 2. The number of pyridine rings is 1. The van der Waals surface area contributed by atoms with Gasteiger partial charge in [0, 0.05) is 24.2 Å². The SMILES string of the molecule is C[C@]12CCC3c4ccccc4CCC3C1[C@H](CCC(=O)Nc1ccccn1)c1c[nH]nc12. The van der Waals surface area contributed by atoms with Crippen molar-refractivity contribution in [1.82, 2.24) is 15.2 Å². The normalized spacial score (nSPS) is 30.0. The molecule has 6 rings (SSSR count). The molecule has 3 aliphatic rings. The number of amides is 1. The zero-order valence-corrected chi connectivity index (χ0v) is 18.6. The summed E-state index contributed by atoms with van der Waals surface area (Å²) in [6.45, 7) is 2.43. The number of carbonyl (C=O) groups is 1. The Balaban J connectivity index is 1.28. The molecule has 0 spiro atoms. The molecule has 5 heteroatoms. The summed E-state index contributed by atoms with van der Waals surface area (Å²) in [6, 6.07) is 14.7. The zero-order chi connectivity index (χ0) is 21.7. The highest BCUT2D eigenvalue weighted by atomic mass is 16.1. The molecule has 0 radical (unpaired) electrons. The van der Waals surface area contributed by atoms with Crippen molar-refractivity contribution >= 4 is 11.7 Å². The Morgan fingerprint density at radius 3 is 2.91 bits per heavy atom. The highest BCUT2D eigenvalue weighted by molar-refractivity contribution is 5.89. The van der Waals surface area contributed by atoms with Crippen molar-refractivity contribution in [1.29, 1.82) is 0 Å². The Morgan fingerprint density at radius 1 is 1.16 bits per heavy atom. The molecule has 164 valence electrons. The van der Waals surface area contributed by atoms with Crippen molar-refractivity contribution in [3.63, 3.8) is 0 Å². The summed E-state index contributed by atoms with van der Waals surface area (Å²) in [5.41, 5.74) is 5.83. The number of fused-ring (bicyclic) bond motifs is 7. The lowest BCUT2D eigenvalue weighted by Crippen LogP contribution is -2.44. The summed E-state index contributed by atoms with van der Waals surface area (Å²) in [5, 5.41) is 10.8. The van der Waals surface area contributed by atoms with Crippen LogP contribution in [-0.2, 0) is 16.6 Å². The number of anilines is 1. The smallest absolute Gasteiger partial charge is 0.225 e. The van der Waals surface area contributed by atoms with Gasteiger partial charge in [-0.2, -0.15) is 5.10 Å². The molecule has 0 bridgehead atoms. The molecule has 2 N–H and O–H groups in total. The fraction of sp³-hybridized carbons (Fsp3) is 0.444. The second-order valence-electron chi connectivity index (χ2n) is 10.1. The average molecular weight is 427 g/mol. The predicted octanol–water partition coefficient (Wildman–Crippen LogP) is 5.33. The first-order chi connectivity index (χ1) is 15.6. The number of nitrogens with zero attached hydrogens (tertiary/aromatic N) is 2. The van der Waals surface area contributed by atoms with Gasteiger partial charge in [-0.1, -0.05) is 37.3 Å². The molecule has 2 aromatic heterocycles. The first-order valence-electron chi connectivity index (χ1n) is 12.0. The van der Waals surface area contributed by atoms with Gasteiger partial charge in [0.2, 0.25) is 5.91 Å². The lowest BCUT2D eigenvalue weighted by Gasteiger charge is -2.50. The number of aromatic amines is 1. The van der Waals surface area contributed by atoms with Gasteiger partial charge in [0.15, 0.2) is 0 Å². The van der Waals surface area contributed by atoms with Gasteiger partial charge in [-0.15, -0.1) is 0 Å². The molecule has 1 saturated carbocycles. The van der Waals surface area contributed by atoms with E-state index >= 15 is 0 Å². The van der Waals surface area contributed by atoms with Crippen LogP contribution in [0.1, 0.15) is 73.2 Å². The summed E-state index contributed by atoms with van der Waals surface area (Å²) in [5.74, 6) is 2.88. The van der Waals surface area contributed by atoms with E-state index in [9.17, 15) is 4.79 Å². The van der Waals surface area contributed by atoms with Crippen LogP contribution in [0.4, 0.5) is 5.82 Å². The highest BCUT2D eigenvalue weighted by Gasteiger charge is 2.58. The monoisotopic (exact) mass is 426 g/mol. The molecule has 0 aliphatic heterocycles. The van der Waals surface area contributed by atoms with Gasteiger partial charge in [0.05, 0.1) is 5.69 Å². The summed E-state index contributed by atoms with van der Waals surface area (Å²) in [7, 11) is 0. The van der Waals surface area contributed by atoms with E-state index < -0.39 is 0 Å². The minimum Gasteiger partial charge on any atom is -0.311 e. The van der Waals surface area contributed by atoms with Crippen LogP contribution in [0.25, 0.3) is 0 Å². The maximum Gasteiger partial charge on any atom is 0.225 e. The predicted molar refractivity (Wildman–Crippen MR) is 124 cm³/mol. The van der Waals surface area contributed by atoms with Crippen LogP contribution >= 0.6 is 0 Å². The molecule has 1 amide bonds. The van der Waals surface area contributed by atoms with Crippen LogP contribution in [-0.4, -0.2) is 21.1 Å². The molecule has 0 saturated heterocycles. The van der Waals surface area contributed by atoms with Gasteiger partial charge in [-0.25, -0.2) is 4.98 Å². The Kier molecular flexibility index (Phi) is 4.67. The minimum atomic E-state index is 0.0451. The first kappa shape index (κ1) is 19.7. The van der Waals surface area contributed by atoms with E-state index in [1.54, 1.807) is 17.3 Å². The minimum absolute atomic E-state index is 0.0451. The Morgan fingerprint density at radius 2 is 2.03 bits per heavy atom. The van der Waals surface area contributed by atoms with Crippen molar-refractivity contribution in [2.45, 2.75) is 62.7 Å². The standard InChI is InChI=1S/C27H30N4O/c1-27-14-13-19-18-7-3-2-6-17(18)9-10-20(19)25(27)21(22-16-29-31-26(22)27)11-12-24(32)30-23-8-4-5-15-28-23/h2-8,15-16,19-21,25H,9-14H2,1H3,(H,29,31)(H,28,30,32)/t19?,20?,21-,25?,27+/m1/s1. The number of H-pyrrole nitrogens is 1. The fourth-order valence-corrected chi connectivity index (χ4v) is 7.29. The second-order valence-corrected chi connectivity index (χ2v) is 10.1. The Labute approximate surface area is 189 Å². The van der Waals surface area contributed by atoms with Crippen molar-refractivity contribution in [3.8, 4) is 0 Å². The maximum atomic E-state index is 12.7. The number of aryl methyl sites for hydroxylation is 1. The summed E-state index contributed by atoms with van der Waals surface area (Å²) < 4.78 is 0. The molecule has 3 aliphatic carbocycles. The van der Waals surface area contributed by atoms with E-state index in [0.717, 1.165) is 6.42 Å².